The van der Waals surface area contributed by atoms with E-state index in [9.17, 15) is 18.0 Å². The van der Waals surface area contributed by atoms with Gasteiger partial charge in [0.05, 0.1) is 16.8 Å². The number of nitrogens with one attached hydrogen (secondary N) is 1. The summed E-state index contributed by atoms with van der Waals surface area (Å²) < 4.78 is 49.1. The Morgan fingerprint density at radius 2 is 1.86 bits per heavy atom. The zero-order valence-electron chi connectivity index (χ0n) is 24.7. The maximum atomic E-state index is 15.2. The van der Waals surface area contributed by atoms with Crippen molar-refractivity contribution in [3.63, 3.8) is 0 Å². The van der Waals surface area contributed by atoms with Crippen molar-refractivity contribution in [3.05, 3.63) is 84.6 Å². The molecule has 0 aliphatic carbocycles. The Labute approximate surface area is 254 Å². The van der Waals surface area contributed by atoms with E-state index >= 15 is 4.39 Å². The highest BCUT2D eigenvalue weighted by molar-refractivity contribution is 7.90. The number of carbonyl (C=O) groups excluding carboxylic acids is 2. The molecule has 2 aromatic carbocycles. The second kappa shape index (κ2) is 12.0. The maximum Gasteiger partial charge on any atom is 0.407 e. The third-order valence-corrected chi connectivity index (χ3v) is 8.51. The Morgan fingerprint density at radius 1 is 1.11 bits per heavy atom. The number of carbonyl (C=O) groups is 2. The van der Waals surface area contributed by atoms with Crippen molar-refractivity contribution >= 4 is 50.2 Å². The molecule has 1 N–H and O–H groups in total. The number of amides is 2. The number of fused-ring (bicyclic) bond motifs is 2. The first-order chi connectivity index (χ1) is 20.9. The number of alkyl carbamates (subject to hydrolysis) is 1. The predicted octanol–water partition coefficient (Wildman–Crippen LogP) is 5.81. The van der Waals surface area contributed by atoms with Gasteiger partial charge in [-0.3, -0.25) is 9.78 Å². The summed E-state index contributed by atoms with van der Waals surface area (Å²) in [6.07, 6.45) is 4.82. The Balaban J connectivity index is 1.55. The number of halogens is 1. The minimum Gasteiger partial charge on any atom is -0.444 e. The van der Waals surface area contributed by atoms with Crippen molar-refractivity contribution < 1.29 is 27.1 Å². The molecule has 10 nitrogen and oxygen atoms in total. The fraction of sp³-hybridized carbons (Fsp3) is 0.250. The fourth-order valence-electron chi connectivity index (χ4n) is 4.76. The molecule has 12 heteroatoms. The van der Waals surface area contributed by atoms with E-state index in [1.165, 1.54) is 41.7 Å². The zero-order valence-corrected chi connectivity index (χ0v) is 25.6. The predicted molar refractivity (Wildman–Crippen MR) is 166 cm³/mol. The number of aryl methyl sites for hydroxylation is 1. The number of nitrogens with zero attached hydrogens (tertiary/aromatic N) is 4. The normalized spacial score (nSPS) is 11.9. The fourth-order valence-corrected chi connectivity index (χ4v) is 6.09. The van der Waals surface area contributed by atoms with Crippen LogP contribution in [0.1, 0.15) is 32.8 Å². The summed E-state index contributed by atoms with van der Waals surface area (Å²) in [7, 11) is -4.09. The van der Waals surface area contributed by atoms with Crippen molar-refractivity contribution in [2.45, 2.75) is 44.6 Å². The van der Waals surface area contributed by atoms with E-state index in [1.807, 2.05) is 6.92 Å². The number of rotatable bonds is 9. The lowest BCUT2D eigenvalue weighted by atomic mass is 10.0. The molecule has 0 fully saturated rings. The molecule has 0 bridgehead atoms. The molecule has 0 atom stereocenters. The average Bonchev–Trinajstić information content (AvgIpc) is 3.36. The number of aromatic nitrogens is 3. The number of hydrogen-bond acceptors (Lipinski definition) is 7. The van der Waals surface area contributed by atoms with Crippen LogP contribution in [0.5, 0.6) is 0 Å². The highest BCUT2D eigenvalue weighted by atomic mass is 32.2. The molecular formula is C32H32FN5O5S. The highest BCUT2D eigenvalue weighted by Crippen LogP contribution is 2.36. The third-order valence-electron chi connectivity index (χ3n) is 6.85. The van der Waals surface area contributed by atoms with Gasteiger partial charge in [-0.1, -0.05) is 23.8 Å². The van der Waals surface area contributed by atoms with E-state index in [-0.39, 0.29) is 29.1 Å². The number of benzene rings is 2. The quantitative estimate of drug-likeness (QED) is 0.163. The van der Waals surface area contributed by atoms with Crippen LogP contribution in [0, 0.1) is 12.7 Å². The molecule has 5 rings (SSSR count). The van der Waals surface area contributed by atoms with E-state index < -0.39 is 27.5 Å². The van der Waals surface area contributed by atoms with Crippen LogP contribution in [0.4, 0.5) is 14.9 Å². The van der Waals surface area contributed by atoms with Crippen LogP contribution >= 0.6 is 0 Å². The van der Waals surface area contributed by atoms with Crippen LogP contribution in [0.3, 0.4) is 0 Å². The standard InChI is InChI=1S/C32H32FN5O5S/c1-21-8-10-25(11-9-21)44(41,42)38-19-27(23-15-22-7-5-12-34-29(22)28(33)16-23)26-17-24(18-36-30(26)38)37(20-39)14-6-13-35-31(40)43-32(2,3)4/h5,7-12,15-20H,6,13-14H2,1-4H3,(H,35,40). The van der Waals surface area contributed by atoms with Crippen LogP contribution in [-0.2, 0) is 19.6 Å². The summed E-state index contributed by atoms with van der Waals surface area (Å²) in [6.45, 7) is 7.65. The van der Waals surface area contributed by atoms with Crippen molar-refractivity contribution in [3.8, 4) is 11.1 Å². The monoisotopic (exact) mass is 617 g/mol. The van der Waals surface area contributed by atoms with Crippen LogP contribution in [0.25, 0.3) is 33.1 Å². The van der Waals surface area contributed by atoms with E-state index in [1.54, 1.807) is 57.2 Å². The van der Waals surface area contributed by atoms with Gasteiger partial charge in [0.15, 0.2) is 5.65 Å². The second-order valence-electron chi connectivity index (χ2n) is 11.3. The molecule has 0 radical (unpaired) electrons. The Morgan fingerprint density at radius 3 is 2.57 bits per heavy atom. The molecule has 0 aliphatic heterocycles. The maximum absolute atomic E-state index is 15.2. The lowest BCUT2D eigenvalue weighted by Gasteiger charge is -2.20. The van der Waals surface area contributed by atoms with E-state index in [0.29, 0.717) is 40.4 Å². The van der Waals surface area contributed by atoms with Gasteiger partial charge in [0.25, 0.3) is 10.0 Å². The van der Waals surface area contributed by atoms with Crippen molar-refractivity contribution in [2.75, 3.05) is 18.0 Å². The first-order valence-electron chi connectivity index (χ1n) is 13.9. The highest BCUT2D eigenvalue weighted by Gasteiger charge is 2.24. The molecule has 228 valence electrons. The molecule has 3 aromatic heterocycles. The average molecular weight is 618 g/mol. The molecule has 0 spiro atoms. The van der Waals surface area contributed by atoms with Gasteiger partial charge in [0, 0.05) is 41.8 Å². The largest absolute Gasteiger partial charge is 0.444 e. The summed E-state index contributed by atoms with van der Waals surface area (Å²) in [5, 5.41) is 3.60. The van der Waals surface area contributed by atoms with Gasteiger partial charge in [0.1, 0.15) is 16.9 Å². The smallest absolute Gasteiger partial charge is 0.407 e. The second-order valence-corrected chi connectivity index (χ2v) is 13.2. The van der Waals surface area contributed by atoms with E-state index in [4.69, 9.17) is 4.74 Å². The first-order valence-corrected chi connectivity index (χ1v) is 15.4. The zero-order chi connectivity index (χ0) is 31.6. The molecule has 0 saturated carbocycles. The number of anilines is 1. The summed E-state index contributed by atoms with van der Waals surface area (Å²) >= 11 is 0. The van der Waals surface area contributed by atoms with Gasteiger partial charge >= 0.3 is 6.09 Å². The van der Waals surface area contributed by atoms with Gasteiger partial charge in [-0.05, 0) is 76.1 Å². The minimum atomic E-state index is -4.09. The SMILES string of the molecule is Cc1ccc(S(=O)(=O)n2cc(-c3cc(F)c4ncccc4c3)c3cc(N(C=O)CCCNC(=O)OC(C)(C)C)cnc32)cc1. The molecule has 0 aliphatic rings. The Kier molecular flexibility index (Phi) is 8.38. The van der Waals surface area contributed by atoms with Crippen LogP contribution < -0.4 is 10.2 Å². The number of ether oxygens (including phenoxy) is 1. The molecule has 3 heterocycles. The van der Waals surface area contributed by atoms with Gasteiger partial charge in [-0.15, -0.1) is 0 Å². The van der Waals surface area contributed by atoms with Gasteiger partial charge in [-0.25, -0.2) is 26.6 Å². The van der Waals surface area contributed by atoms with Crippen LogP contribution in [0.15, 0.2) is 78.1 Å². The number of hydrogen-bond donors (Lipinski definition) is 1. The van der Waals surface area contributed by atoms with Crippen molar-refractivity contribution in [2.24, 2.45) is 0 Å². The molecule has 44 heavy (non-hydrogen) atoms. The van der Waals surface area contributed by atoms with Gasteiger partial charge < -0.3 is 15.0 Å². The molecule has 2 amide bonds. The summed E-state index contributed by atoms with van der Waals surface area (Å²) in [5.74, 6) is -0.559. The third kappa shape index (κ3) is 6.40. The van der Waals surface area contributed by atoms with Crippen molar-refractivity contribution in [1.29, 1.82) is 0 Å². The lowest BCUT2D eigenvalue weighted by molar-refractivity contribution is -0.107. The molecule has 0 saturated heterocycles. The molecule has 5 aromatic rings. The lowest BCUT2D eigenvalue weighted by Crippen LogP contribution is -2.34. The van der Waals surface area contributed by atoms with Crippen molar-refractivity contribution in [1.82, 2.24) is 19.3 Å². The molecular weight excluding hydrogens is 585 g/mol. The van der Waals surface area contributed by atoms with Gasteiger partial charge in [0.2, 0.25) is 6.41 Å². The summed E-state index contributed by atoms with van der Waals surface area (Å²) in [5.41, 5.74) is 1.81. The Hall–Kier alpha value is -4.84. The molecule has 0 unspecified atom stereocenters. The van der Waals surface area contributed by atoms with Gasteiger partial charge in [-0.2, -0.15) is 0 Å². The van der Waals surface area contributed by atoms with E-state index in [0.717, 1.165) is 9.54 Å². The number of pyridine rings is 2. The van der Waals surface area contributed by atoms with E-state index in [2.05, 4.69) is 15.3 Å². The topological polar surface area (TPSA) is 123 Å². The first kappa shape index (κ1) is 30.6. The van der Waals surface area contributed by atoms with Crippen LogP contribution in [-0.4, -0.2) is 53.6 Å². The minimum absolute atomic E-state index is 0.0679. The summed E-state index contributed by atoms with van der Waals surface area (Å²) in [6, 6.07) is 14.6. The van der Waals surface area contributed by atoms with Crippen LogP contribution in [0.2, 0.25) is 0 Å². The summed E-state index contributed by atoms with van der Waals surface area (Å²) in [4.78, 5) is 34.1. The Bertz CT molecular complexity index is 1970.